The highest BCUT2D eigenvalue weighted by molar-refractivity contribution is 5.86. The smallest absolute Gasteiger partial charge is 0.329 e. The minimum absolute atomic E-state index is 0.0909. The highest BCUT2D eigenvalue weighted by Crippen LogP contribution is 2.32. The van der Waals surface area contributed by atoms with Crippen molar-refractivity contribution in [3.05, 3.63) is 12.2 Å². The second kappa shape index (κ2) is 5.89. The number of urea groups is 1. The number of nitrogens with zero attached hydrogens (tertiary/aromatic N) is 2. The molecule has 2 unspecified atom stereocenters. The Morgan fingerprint density at radius 1 is 1.60 bits per heavy atom. The minimum atomic E-state index is -1.18. The largest absolute Gasteiger partial charge is 0.480 e. The van der Waals surface area contributed by atoms with Crippen molar-refractivity contribution >= 4 is 12.0 Å². The van der Waals surface area contributed by atoms with Crippen molar-refractivity contribution in [2.75, 3.05) is 0 Å². The number of amides is 2. The number of carbonyl (C=O) groups excluding carboxylic acids is 1. The molecule has 2 amide bonds. The first-order valence-corrected chi connectivity index (χ1v) is 6.56. The maximum atomic E-state index is 11.9. The van der Waals surface area contributed by atoms with Crippen LogP contribution in [0.3, 0.4) is 0 Å². The molecule has 8 heteroatoms. The first-order chi connectivity index (χ1) is 9.52. The normalized spacial score (nSPS) is 25.9. The number of rotatable bonds is 4. The molecule has 0 spiro atoms. The Balaban J connectivity index is 1.94. The van der Waals surface area contributed by atoms with E-state index in [1.54, 1.807) is 0 Å². The highest BCUT2D eigenvalue weighted by Gasteiger charge is 2.43. The quantitative estimate of drug-likeness (QED) is 0.755. The van der Waals surface area contributed by atoms with Gasteiger partial charge in [-0.2, -0.15) is 4.98 Å². The SMILES string of the molecule is CC1CCCC(NC(=O)NCc2ncon2)(C(=O)O)C1. The lowest BCUT2D eigenvalue weighted by Gasteiger charge is -2.36. The lowest BCUT2D eigenvalue weighted by molar-refractivity contribution is -0.146. The van der Waals surface area contributed by atoms with Crippen LogP contribution in [-0.2, 0) is 11.3 Å². The molecule has 1 aliphatic rings. The van der Waals surface area contributed by atoms with Gasteiger partial charge in [0.2, 0.25) is 6.39 Å². The van der Waals surface area contributed by atoms with Crippen LogP contribution in [0.15, 0.2) is 10.9 Å². The molecule has 1 heterocycles. The van der Waals surface area contributed by atoms with Gasteiger partial charge in [0.15, 0.2) is 5.82 Å². The van der Waals surface area contributed by atoms with E-state index in [1.807, 2.05) is 6.92 Å². The highest BCUT2D eigenvalue weighted by atomic mass is 16.5. The van der Waals surface area contributed by atoms with Crippen molar-refractivity contribution in [3.8, 4) is 0 Å². The van der Waals surface area contributed by atoms with Crippen LogP contribution in [0.5, 0.6) is 0 Å². The second-order valence-electron chi connectivity index (χ2n) is 5.24. The maximum Gasteiger partial charge on any atom is 0.329 e. The summed E-state index contributed by atoms with van der Waals surface area (Å²) < 4.78 is 4.54. The second-order valence-corrected chi connectivity index (χ2v) is 5.24. The summed E-state index contributed by atoms with van der Waals surface area (Å²) in [5.41, 5.74) is -1.18. The molecular weight excluding hydrogens is 264 g/mol. The molecule has 1 aromatic rings. The van der Waals surface area contributed by atoms with Crippen molar-refractivity contribution in [1.82, 2.24) is 20.8 Å². The summed E-state index contributed by atoms with van der Waals surface area (Å²) in [5.74, 6) is -0.377. The summed E-state index contributed by atoms with van der Waals surface area (Å²) in [4.78, 5) is 27.1. The maximum absolute atomic E-state index is 11.9. The summed E-state index contributed by atoms with van der Waals surface area (Å²) in [5, 5.41) is 18.1. The molecule has 3 N–H and O–H groups in total. The molecule has 1 fully saturated rings. The van der Waals surface area contributed by atoms with Gasteiger partial charge < -0.3 is 20.3 Å². The van der Waals surface area contributed by atoms with Gasteiger partial charge in [-0.15, -0.1) is 0 Å². The molecule has 0 aliphatic heterocycles. The Hall–Kier alpha value is -2.12. The Morgan fingerprint density at radius 3 is 3.00 bits per heavy atom. The molecule has 0 radical (unpaired) electrons. The van der Waals surface area contributed by atoms with Crippen LogP contribution in [0.2, 0.25) is 0 Å². The fourth-order valence-electron chi connectivity index (χ4n) is 2.60. The molecule has 1 saturated carbocycles. The predicted octanol–water partition coefficient (Wildman–Crippen LogP) is 0.902. The zero-order valence-corrected chi connectivity index (χ0v) is 11.3. The van der Waals surface area contributed by atoms with Crippen molar-refractivity contribution in [2.45, 2.75) is 44.7 Å². The van der Waals surface area contributed by atoms with Crippen LogP contribution in [0.4, 0.5) is 4.79 Å². The summed E-state index contributed by atoms with van der Waals surface area (Å²) in [6, 6.07) is -0.536. The number of hydrogen-bond acceptors (Lipinski definition) is 5. The number of carboxylic acids is 1. The number of aromatic nitrogens is 2. The number of carbonyl (C=O) groups is 2. The van der Waals surface area contributed by atoms with E-state index in [0.29, 0.717) is 18.7 Å². The monoisotopic (exact) mass is 282 g/mol. The lowest BCUT2D eigenvalue weighted by Crippen LogP contribution is -2.59. The van der Waals surface area contributed by atoms with Crippen molar-refractivity contribution in [3.63, 3.8) is 0 Å². The molecule has 1 aliphatic carbocycles. The molecule has 0 aromatic carbocycles. The summed E-state index contributed by atoms with van der Waals surface area (Å²) >= 11 is 0. The van der Waals surface area contributed by atoms with Gasteiger partial charge in [-0.1, -0.05) is 24.9 Å². The summed E-state index contributed by atoms with van der Waals surface area (Å²) in [6.07, 6.45) is 3.83. The van der Waals surface area contributed by atoms with Crippen LogP contribution in [0.25, 0.3) is 0 Å². The Bertz CT molecular complexity index is 476. The third kappa shape index (κ3) is 3.25. The Labute approximate surface area is 115 Å². The molecule has 8 nitrogen and oxygen atoms in total. The third-order valence-electron chi connectivity index (χ3n) is 3.57. The van der Waals surface area contributed by atoms with E-state index in [2.05, 4.69) is 25.3 Å². The van der Waals surface area contributed by atoms with Gasteiger partial charge in [-0.05, 0) is 18.8 Å². The van der Waals surface area contributed by atoms with Crippen molar-refractivity contribution in [2.24, 2.45) is 5.92 Å². The Kier molecular flexibility index (Phi) is 4.21. The van der Waals surface area contributed by atoms with E-state index < -0.39 is 17.5 Å². The van der Waals surface area contributed by atoms with Crippen molar-refractivity contribution < 1.29 is 19.2 Å². The van der Waals surface area contributed by atoms with E-state index in [1.165, 1.54) is 0 Å². The Morgan fingerprint density at radius 2 is 2.40 bits per heavy atom. The van der Waals surface area contributed by atoms with Gasteiger partial charge in [0.1, 0.15) is 5.54 Å². The van der Waals surface area contributed by atoms with Gasteiger partial charge in [0.25, 0.3) is 0 Å². The molecular formula is C12H18N4O4. The van der Waals surface area contributed by atoms with E-state index in [4.69, 9.17) is 0 Å². The van der Waals surface area contributed by atoms with E-state index in [0.717, 1.165) is 19.2 Å². The van der Waals surface area contributed by atoms with Gasteiger partial charge in [0.05, 0.1) is 6.54 Å². The minimum Gasteiger partial charge on any atom is -0.480 e. The predicted molar refractivity (Wildman–Crippen MR) is 67.7 cm³/mol. The molecule has 2 atom stereocenters. The average Bonchev–Trinajstić information content (AvgIpc) is 2.89. The number of nitrogens with one attached hydrogen (secondary N) is 2. The first-order valence-electron chi connectivity index (χ1n) is 6.56. The topological polar surface area (TPSA) is 117 Å². The van der Waals surface area contributed by atoms with Crippen LogP contribution in [0, 0.1) is 5.92 Å². The number of hydrogen-bond donors (Lipinski definition) is 3. The van der Waals surface area contributed by atoms with Crippen LogP contribution >= 0.6 is 0 Å². The van der Waals surface area contributed by atoms with Gasteiger partial charge in [-0.25, -0.2) is 9.59 Å². The standard InChI is InChI=1S/C12H18N4O4/c1-8-3-2-4-12(5-8,10(17)18)15-11(19)13-6-9-14-7-20-16-9/h7-8H,2-6H2,1H3,(H,17,18)(H2,13,15,19). The zero-order valence-electron chi connectivity index (χ0n) is 11.3. The van der Waals surface area contributed by atoms with Gasteiger partial charge in [0, 0.05) is 0 Å². The summed E-state index contributed by atoms with van der Waals surface area (Å²) in [7, 11) is 0. The molecule has 0 bridgehead atoms. The summed E-state index contributed by atoms with van der Waals surface area (Å²) in [6.45, 7) is 2.09. The number of aliphatic carboxylic acids is 1. The van der Waals surface area contributed by atoms with Crippen LogP contribution in [0.1, 0.15) is 38.4 Å². The molecule has 2 rings (SSSR count). The molecule has 0 saturated heterocycles. The fourth-order valence-corrected chi connectivity index (χ4v) is 2.60. The van der Waals surface area contributed by atoms with Crippen molar-refractivity contribution in [1.29, 1.82) is 0 Å². The third-order valence-corrected chi connectivity index (χ3v) is 3.57. The van der Waals surface area contributed by atoms with Crippen LogP contribution in [-0.4, -0.2) is 32.8 Å². The average molecular weight is 282 g/mol. The zero-order chi connectivity index (χ0) is 14.6. The van der Waals surface area contributed by atoms with Gasteiger partial charge >= 0.3 is 12.0 Å². The molecule has 110 valence electrons. The lowest BCUT2D eigenvalue weighted by atomic mass is 9.76. The molecule has 20 heavy (non-hydrogen) atoms. The van der Waals surface area contributed by atoms with Gasteiger partial charge in [-0.3, -0.25) is 0 Å². The first kappa shape index (κ1) is 14.3. The van der Waals surface area contributed by atoms with Crippen LogP contribution < -0.4 is 10.6 Å². The van der Waals surface area contributed by atoms with E-state index in [-0.39, 0.29) is 12.5 Å². The molecule has 1 aromatic heterocycles. The van der Waals surface area contributed by atoms with E-state index in [9.17, 15) is 14.7 Å². The number of carboxylic acid groups (broad SMARTS) is 1. The fraction of sp³-hybridized carbons (Fsp3) is 0.667. The van der Waals surface area contributed by atoms with E-state index >= 15 is 0 Å².